The molecule has 1 saturated heterocycles. The van der Waals surface area contributed by atoms with Crippen LogP contribution < -0.4 is 0 Å². The predicted octanol–water partition coefficient (Wildman–Crippen LogP) is 5.53. The van der Waals surface area contributed by atoms with E-state index in [0.29, 0.717) is 17.0 Å². The Morgan fingerprint density at radius 3 is 2.23 bits per heavy atom. The number of phosphoric acid groups is 1. The quantitative estimate of drug-likeness (QED) is 0.0498. The lowest BCUT2D eigenvalue weighted by atomic mass is 9.79. The van der Waals surface area contributed by atoms with Gasteiger partial charge in [-0.3, -0.25) is 9.32 Å². The van der Waals surface area contributed by atoms with E-state index in [1.54, 1.807) is 24.3 Å². The minimum absolute atomic E-state index is 0.0150. The SMILES string of the molecule is O=C(O[C@@H]1[C@H](n2cc(-c3cc(F)c(F)c(F)c3)nn2)[C@](O)(C(=O)c2ccccc2)[C@@H](Sc2cccnc2Br)O[C@@H]1COP(=O)(O)O)c1ccccc1. The highest BCUT2D eigenvalue weighted by molar-refractivity contribution is 9.10. The Morgan fingerprint density at radius 2 is 1.62 bits per heavy atom. The van der Waals surface area contributed by atoms with Gasteiger partial charge in [0.2, 0.25) is 0 Å². The molecule has 0 spiro atoms. The van der Waals surface area contributed by atoms with E-state index in [2.05, 4.69) is 31.2 Å². The van der Waals surface area contributed by atoms with Gasteiger partial charge in [0, 0.05) is 22.2 Å². The number of ether oxygens (including phenoxy) is 2. The first-order valence-electron chi connectivity index (χ1n) is 15.0. The molecule has 6 rings (SSSR count). The lowest BCUT2D eigenvalue weighted by molar-refractivity contribution is -0.205. The summed E-state index contributed by atoms with van der Waals surface area (Å²) in [5.74, 6) is -6.77. The second-order valence-corrected chi connectivity index (χ2v) is 14.3. The molecule has 3 N–H and O–H groups in total. The number of aliphatic hydroxyl groups is 1. The Morgan fingerprint density at radius 1 is 0.981 bits per heavy atom. The topological polar surface area (TPSA) is 183 Å². The minimum Gasteiger partial charge on any atom is -0.453 e. The number of hydrogen-bond donors (Lipinski definition) is 3. The molecule has 0 bridgehead atoms. The van der Waals surface area contributed by atoms with Gasteiger partial charge >= 0.3 is 13.8 Å². The van der Waals surface area contributed by atoms with Crippen LogP contribution in [0.4, 0.5) is 13.2 Å². The van der Waals surface area contributed by atoms with Gasteiger partial charge < -0.3 is 24.4 Å². The number of esters is 1. The monoisotopic (exact) mass is 820 g/mol. The third-order valence-electron chi connectivity index (χ3n) is 7.88. The number of rotatable bonds is 11. The number of phosphoric ester groups is 1. The first-order valence-corrected chi connectivity index (χ1v) is 18.2. The molecule has 1 aliphatic rings. The molecule has 0 radical (unpaired) electrons. The van der Waals surface area contributed by atoms with Gasteiger partial charge in [0.05, 0.1) is 18.4 Å². The van der Waals surface area contributed by atoms with Crippen molar-refractivity contribution in [3.63, 3.8) is 0 Å². The third-order valence-corrected chi connectivity index (χ3v) is 10.5. The Labute approximate surface area is 305 Å². The summed E-state index contributed by atoms with van der Waals surface area (Å²) < 4.78 is 72.4. The smallest absolute Gasteiger partial charge is 0.453 e. The second kappa shape index (κ2) is 15.4. The molecule has 5 atom stereocenters. The predicted molar refractivity (Wildman–Crippen MR) is 180 cm³/mol. The molecule has 52 heavy (non-hydrogen) atoms. The van der Waals surface area contributed by atoms with E-state index in [4.69, 9.17) is 14.0 Å². The van der Waals surface area contributed by atoms with Crippen molar-refractivity contribution >= 4 is 47.3 Å². The van der Waals surface area contributed by atoms with Crippen LogP contribution in [0, 0.1) is 17.5 Å². The van der Waals surface area contributed by atoms with Gasteiger partial charge in [0.1, 0.15) is 27.9 Å². The molecule has 13 nitrogen and oxygen atoms in total. The van der Waals surface area contributed by atoms with Crippen LogP contribution >= 0.6 is 35.5 Å². The number of halogens is 4. The number of carbonyl (C=O) groups is 2. The molecule has 0 aliphatic carbocycles. The zero-order valence-electron chi connectivity index (χ0n) is 26.2. The van der Waals surface area contributed by atoms with Gasteiger partial charge in [-0.25, -0.2) is 32.2 Å². The highest BCUT2D eigenvalue weighted by Crippen LogP contribution is 2.49. The van der Waals surface area contributed by atoms with E-state index in [1.807, 2.05) is 0 Å². The normalized spacial score (nSPS) is 21.8. The Balaban J connectivity index is 1.57. The van der Waals surface area contributed by atoms with Crippen molar-refractivity contribution in [1.29, 1.82) is 0 Å². The number of benzene rings is 3. The van der Waals surface area contributed by atoms with Crippen molar-refractivity contribution in [3.05, 3.63) is 131 Å². The van der Waals surface area contributed by atoms with Gasteiger partial charge in [-0.15, -0.1) is 5.10 Å². The maximum atomic E-state index is 14.7. The summed E-state index contributed by atoms with van der Waals surface area (Å²) >= 11 is 4.11. The number of Topliss-reactive ketones (excluding diaryl/α,β-unsaturated/α-hetero) is 1. The van der Waals surface area contributed by atoms with Crippen molar-refractivity contribution in [2.45, 2.75) is 34.2 Å². The number of pyridine rings is 1. The highest BCUT2D eigenvalue weighted by Gasteiger charge is 2.63. The van der Waals surface area contributed by atoms with Crippen LogP contribution in [0.1, 0.15) is 26.8 Å². The third kappa shape index (κ3) is 7.89. The Bertz CT molecular complexity index is 2130. The Hall–Kier alpha value is -4.26. The van der Waals surface area contributed by atoms with Crippen LogP contribution in [0.3, 0.4) is 0 Å². The van der Waals surface area contributed by atoms with Crippen molar-refractivity contribution in [2.75, 3.05) is 6.61 Å². The average molecular weight is 822 g/mol. The van der Waals surface area contributed by atoms with Crippen LogP contribution in [0.2, 0.25) is 0 Å². The maximum absolute atomic E-state index is 14.7. The van der Waals surface area contributed by atoms with Crippen LogP contribution in [0.5, 0.6) is 0 Å². The first kappa shape index (κ1) is 37.5. The zero-order chi connectivity index (χ0) is 37.2. The highest BCUT2D eigenvalue weighted by atomic mass is 79.9. The van der Waals surface area contributed by atoms with E-state index < -0.39 is 72.9 Å². The van der Waals surface area contributed by atoms with Crippen molar-refractivity contribution in [1.82, 2.24) is 20.0 Å². The molecule has 3 heterocycles. The summed E-state index contributed by atoms with van der Waals surface area (Å²) in [6.45, 7) is -0.940. The lowest BCUT2D eigenvalue weighted by Gasteiger charge is -2.49. The van der Waals surface area contributed by atoms with Crippen molar-refractivity contribution < 1.29 is 56.2 Å². The van der Waals surface area contributed by atoms with E-state index in [1.165, 1.54) is 54.7 Å². The molecule has 1 fully saturated rings. The summed E-state index contributed by atoms with van der Waals surface area (Å²) in [4.78, 5) is 52.0. The van der Waals surface area contributed by atoms with Crippen LogP contribution in [-0.2, 0) is 18.6 Å². The van der Waals surface area contributed by atoms with Gasteiger partial charge in [-0.05, 0) is 52.3 Å². The number of carbonyl (C=O) groups excluding carboxylic acids is 2. The van der Waals surface area contributed by atoms with Gasteiger partial charge in [0.25, 0.3) is 0 Å². The number of thioether (sulfide) groups is 1. The molecule has 2 aromatic heterocycles. The summed E-state index contributed by atoms with van der Waals surface area (Å²) in [5, 5.41) is 20.9. The second-order valence-electron chi connectivity index (χ2n) is 11.2. The standard InChI is InChI=1S/C33H25BrF3N4O9PS/c34-30-25(12-7-13-38-30)52-32-33(44,29(42)18-8-3-1-4-9-18)28(41-16-23(39-40-41)20-14-21(35)26(37)22(36)15-20)27(24(49-32)17-48-51(45,46)47)50-31(43)19-10-5-2-6-11-19/h1-16,24,27-28,32,44H,17H2,(H2,45,46,47)/t24-,27+,28+,32-,33+/m1/s1. The fraction of sp³-hybridized carbons (Fsp3) is 0.182. The number of nitrogens with zero attached hydrogens (tertiary/aromatic N) is 4. The fourth-order valence-corrected chi connectivity index (χ4v) is 7.53. The molecule has 0 amide bonds. The fourth-order valence-electron chi connectivity index (χ4n) is 5.50. The van der Waals surface area contributed by atoms with Crippen molar-refractivity contribution in [2.24, 2.45) is 0 Å². The summed E-state index contributed by atoms with van der Waals surface area (Å²) in [5.41, 5.74) is -5.02. The van der Waals surface area contributed by atoms with Gasteiger partial charge in [0.15, 0.2) is 34.9 Å². The summed E-state index contributed by atoms with van der Waals surface area (Å²) in [7, 11) is -5.20. The van der Waals surface area contributed by atoms with Crippen LogP contribution in [0.25, 0.3) is 11.3 Å². The van der Waals surface area contributed by atoms with E-state index in [0.717, 1.165) is 22.6 Å². The Kier molecular flexibility index (Phi) is 11.1. The molecular weight excluding hydrogens is 796 g/mol. The minimum atomic E-state index is -5.20. The molecule has 5 aromatic rings. The van der Waals surface area contributed by atoms with Crippen molar-refractivity contribution in [3.8, 4) is 11.3 Å². The molecule has 1 aliphatic heterocycles. The molecular formula is C33H25BrF3N4O9PS. The van der Waals surface area contributed by atoms with E-state index >= 15 is 0 Å². The molecule has 0 unspecified atom stereocenters. The maximum Gasteiger partial charge on any atom is 0.469 e. The van der Waals surface area contributed by atoms with E-state index in [-0.39, 0.29) is 27.0 Å². The molecule has 19 heteroatoms. The van der Waals surface area contributed by atoms with Gasteiger partial charge in [-0.2, -0.15) is 0 Å². The average Bonchev–Trinajstić information content (AvgIpc) is 3.61. The van der Waals surface area contributed by atoms with Crippen LogP contribution in [0.15, 0.2) is 107 Å². The summed E-state index contributed by atoms with van der Waals surface area (Å²) in [6.07, 6.45) is -0.928. The number of hydrogen-bond acceptors (Lipinski definition) is 11. The zero-order valence-corrected chi connectivity index (χ0v) is 29.5. The summed E-state index contributed by atoms with van der Waals surface area (Å²) in [6, 6.07) is 17.6. The lowest BCUT2D eigenvalue weighted by Crippen LogP contribution is -2.67. The van der Waals surface area contributed by atoms with Crippen LogP contribution in [-0.4, -0.2) is 76.5 Å². The molecule has 270 valence electrons. The molecule has 0 saturated carbocycles. The number of ketones is 1. The van der Waals surface area contributed by atoms with Gasteiger partial charge in [-0.1, -0.05) is 65.5 Å². The first-order chi connectivity index (χ1) is 24.8. The van der Waals surface area contributed by atoms with E-state index in [9.17, 15) is 42.2 Å². The number of aromatic nitrogens is 4. The molecule has 3 aromatic carbocycles. The largest absolute Gasteiger partial charge is 0.469 e.